The summed E-state index contributed by atoms with van der Waals surface area (Å²) in [6.45, 7) is 3.87. The van der Waals surface area contributed by atoms with Crippen molar-refractivity contribution >= 4 is 27.3 Å². The SMILES string of the molecule is CC(C)Nc1cccc(Br)c1[N+](=O)[O-]. The van der Waals surface area contributed by atoms with Gasteiger partial charge in [-0.05, 0) is 41.9 Å². The van der Waals surface area contributed by atoms with Crippen LogP contribution in [0.15, 0.2) is 22.7 Å². The van der Waals surface area contributed by atoms with Crippen molar-refractivity contribution in [2.24, 2.45) is 0 Å². The Morgan fingerprint density at radius 2 is 2.14 bits per heavy atom. The van der Waals surface area contributed by atoms with E-state index in [1.165, 1.54) is 0 Å². The lowest BCUT2D eigenvalue weighted by Crippen LogP contribution is -2.11. The van der Waals surface area contributed by atoms with Gasteiger partial charge in [0.2, 0.25) is 0 Å². The van der Waals surface area contributed by atoms with E-state index in [0.29, 0.717) is 10.2 Å². The second-order valence-corrected chi connectivity index (χ2v) is 4.05. The van der Waals surface area contributed by atoms with Gasteiger partial charge in [0.05, 0.1) is 9.40 Å². The Morgan fingerprint density at radius 3 is 2.64 bits per heavy atom. The molecule has 5 heteroatoms. The Kier molecular flexibility index (Phi) is 3.46. The summed E-state index contributed by atoms with van der Waals surface area (Å²) in [5, 5.41) is 13.8. The van der Waals surface area contributed by atoms with E-state index in [1.54, 1.807) is 18.2 Å². The predicted octanol–water partition coefficient (Wildman–Crippen LogP) is 3.18. The maximum atomic E-state index is 10.8. The average molecular weight is 259 g/mol. The van der Waals surface area contributed by atoms with Crippen LogP contribution in [0.3, 0.4) is 0 Å². The first-order chi connectivity index (χ1) is 6.52. The van der Waals surface area contributed by atoms with Gasteiger partial charge in [0.1, 0.15) is 5.69 Å². The summed E-state index contributed by atoms with van der Waals surface area (Å²) < 4.78 is 0.494. The molecule has 0 spiro atoms. The number of para-hydroxylation sites is 1. The minimum Gasteiger partial charge on any atom is -0.377 e. The van der Waals surface area contributed by atoms with Gasteiger partial charge in [0.25, 0.3) is 0 Å². The van der Waals surface area contributed by atoms with Crippen LogP contribution in [0.5, 0.6) is 0 Å². The van der Waals surface area contributed by atoms with E-state index in [-0.39, 0.29) is 11.7 Å². The van der Waals surface area contributed by atoms with E-state index in [4.69, 9.17) is 0 Å². The minimum atomic E-state index is -0.394. The van der Waals surface area contributed by atoms with Gasteiger partial charge >= 0.3 is 5.69 Å². The van der Waals surface area contributed by atoms with E-state index in [2.05, 4.69) is 21.2 Å². The molecular weight excluding hydrogens is 248 g/mol. The van der Waals surface area contributed by atoms with Crippen molar-refractivity contribution in [3.05, 3.63) is 32.8 Å². The van der Waals surface area contributed by atoms with Gasteiger partial charge in [-0.15, -0.1) is 0 Å². The van der Waals surface area contributed by atoms with Crippen LogP contribution in [-0.4, -0.2) is 11.0 Å². The zero-order valence-electron chi connectivity index (χ0n) is 7.95. The number of hydrogen-bond acceptors (Lipinski definition) is 3. The van der Waals surface area contributed by atoms with Crippen LogP contribution in [0.4, 0.5) is 11.4 Å². The van der Waals surface area contributed by atoms with Crippen molar-refractivity contribution in [2.45, 2.75) is 19.9 Å². The molecule has 1 aromatic carbocycles. The Balaban J connectivity index is 3.14. The summed E-state index contributed by atoms with van der Waals surface area (Å²) in [6.07, 6.45) is 0. The van der Waals surface area contributed by atoms with Crippen LogP contribution >= 0.6 is 15.9 Å². The molecule has 0 saturated carbocycles. The highest BCUT2D eigenvalue weighted by Gasteiger charge is 2.17. The lowest BCUT2D eigenvalue weighted by molar-refractivity contribution is -0.384. The lowest BCUT2D eigenvalue weighted by atomic mass is 10.2. The number of benzene rings is 1. The van der Waals surface area contributed by atoms with Crippen molar-refractivity contribution in [1.29, 1.82) is 0 Å². The number of nitro benzene ring substituents is 1. The molecule has 0 aliphatic rings. The number of nitrogens with zero attached hydrogens (tertiary/aromatic N) is 1. The summed E-state index contributed by atoms with van der Waals surface area (Å²) in [5.74, 6) is 0. The molecule has 0 heterocycles. The molecule has 0 unspecified atom stereocenters. The van der Waals surface area contributed by atoms with Crippen LogP contribution in [0, 0.1) is 10.1 Å². The van der Waals surface area contributed by atoms with Crippen molar-refractivity contribution in [3.63, 3.8) is 0 Å². The Bertz CT molecular complexity index is 353. The molecule has 0 radical (unpaired) electrons. The largest absolute Gasteiger partial charge is 0.377 e. The van der Waals surface area contributed by atoms with E-state index in [1.807, 2.05) is 13.8 Å². The van der Waals surface area contributed by atoms with Crippen molar-refractivity contribution in [2.75, 3.05) is 5.32 Å². The predicted molar refractivity (Wildman–Crippen MR) is 59.6 cm³/mol. The van der Waals surface area contributed by atoms with Gasteiger partial charge in [0.15, 0.2) is 0 Å². The van der Waals surface area contributed by atoms with E-state index < -0.39 is 4.92 Å². The van der Waals surface area contributed by atoms with Gasteiger partial charge in [-0.3, -0.25) is 10.1 Å². The van der Waals surface area contributed by atoms with Crippen LogP contribution < -0.4 is 5.32 Å². The normalized spacial score (nSPS) is 10.3. The van der Waals surface area contributed by atoms with Crippen molar-refractivity contribution in [3.8, 4) is 0 Å². The Morgan fingerprint density at radius 1 is 1.50 bits per heavy atom. The molecule has 0 aliphatic heterocycles. The van der Waals surface area contributed by atoms with Crippen LogP contribution in [0.25, 0.3) is 0 Å². The summed E-state index contributed by atoms with van der Waals surface area (Å²) in [4.78, 5) is 10.4. The topological polar surface area (TPSA) is 55.2 Å². The lowest BCUT2D eigenvalue weighted by Gasteiger charge is -2.10. The van der Waals surface area contributed by atoms with Gasteiger partial charge in [-0.1, -0.05) is 6.07 Å². The third-order valence-corrected chi connectivity index (χ3v) is 2.25. The maximum Gasteiger partial charge on any atom is 0.306 e. The van der Waals surface area contributed by atoms with Crippen LogP contribution in [0.1, 0.15) is 13.8 Å². The van der Waals surface area contributed by atoms with E-state index >= 15 is 0 Å². The van der Waals surface area contributed by atoms with Gasteiger partial charge in [-0.2, -0.15) is 0 Å². The van der Waals surface area contributed by atoms with Gasteiger partial charge < -0.3 is 5.32 Å². The molecule has 4 nitrogen and oxygen atoms in total. The molecule has 14 heavy (non-hydrogen) atoms. The molecule has 1 rings (SSSR count). The molecule has 1 N–H and O–H groups in total. The fraction of sp³-hybridized carbons (Fsp3) is 0.333. The summed E-state index contributed by atoms with van der Waals surface area (Å²) in [5.41, 5.74) is 0.626. The number of halogens is 1. The Hall–Kier alpha value is -1.10. The molecule has 0 bridgehead atoms. The van der Waals surface area contributed by atoms with Crippen LogP contribution in [-0.2, 0) is 0 Å². The summed E-state index contributed by atoms with van der Waals surface area (Å²) in [7, 11) is 0. The molecule has 1 aromatic rings. The van der Waals surface area contributed by atoms with Crippen LogP contribution in [0.2, 0.25) is 0 Å². The first-order valence-corrected chi connectivity index (χ1v) is 5.01. The highest BCUT2D eigenvalue weighted by atomic mass is 79.9. The first-order valence-electron chi connectivity index (χ1n) is 4.22. The zero-order chi connectivity index (χ0) is 10.7. The number of hydrogen-bond donors (Lipinski definition) is 1. The second-order valence-electron chi connectivity index (χ2n) is 3.19. The van der Waals surface area contributed by atoms with E-state index in [0.717, 1.165) is 0 Å². The third-order valence-electron chi connectivity index (χ3n) is 1.61. The number of nitrogens with one attached hydrogen (secondary N) is 1. The quantitative estimate of drug-likeness (QED) is 0.670. The van der Waals surface area contributed by atoms with E-state index in [9.17, 15) is 10.1 Å². The molecule has 0 atom stereocenters. The number of nitro groups is 1. The first kappa shape index (κ1) is 11.0. The molecule has 76 valence electrons. The molecule has 0 aliphatic carbocycles. The zero-order valence-corrected chi connectivity index (χ0v) is 9.54. The minimum absolute atomic E-state index is 0.0844. The molecule has 0 saturated heterocycles. The van der Waals surface area contributed by atoms with Crippen molar-refractivity contribution < 1.29 is 4.92 Å². The highest BCUT2D eigenvalue weighted by molar-refractivity contribution is 9.10. The fourth-order valence-corrected chi connectivity index (χ4v) is 1.64. The molecule has 0 amide bonds. The highest BCUT2D eigenvalue weighted by Crippen LogP contribution is 2.32. The standard InChI is InChI=1S/C9H11BrN2O2/c1-6(2)11-8-5-3-4-7(10)9(8)12(13)14/h3-6,11H,1-2H3. The molecule has 0 fully saturated rings. The Labute approximate surface area is 90.6 Å². The average Bonchev–Trinajstić information content (AvgIpc) is 2.01. The number of rotatable bonds is 3. The van der Waals surface area contributed by atoms with Gasteiger partial charge in [0, 0.05) is 6.04 Å². The smallest absolute Gasteiger partial charge is 0.306 e. The number of anilines is 1. The monoisotopic (exact) mass is 258 g/mol. The third kappa shape index (κ3) is 2.45. The van der Waals surface area contributed by atoms with Crippen molar-refractivity contribution in [1.82, 2.24) is 0 Å². The fourth-order valence-electron chi connectivity index (χ4n) is 1.13. The maximum absolute atomic E-state index is 10.8. The molecule has 0 aromatic heterocycles. The summed E-state index contributed by atoms with van der Waals surface area (Å²) in [6, 6.07) is 5.29. The molecular formula is C9H11BrN2O2. The summed E-state index contributed by atoms with van der Waals surface area (Å²) >= 11 is 3.16. The van der Waals surface area contributed by atoms with Gasteiger partial charge in [-0.25, -0.2) is 0 Å². The second kappa shape index (κ2) is 4.41.